The van der Waals surface area contributed by atoms with Crippen molar-refractivity contribution in [2.75, 3.05) is 32.7 Å². The van der Waals surface area contributed by atoms with Gasteiger partial charge in [-0.3, -0.25) is 9.69 Å². The van der Waals surface area contributed by atoms with Crippen LogP contribution in [0.3, 0.4) is 0 Å². The Labute approximate surface area is 193 Å². The summed E-state index contributed by atoms with van der Waals surface area (Å²) in [5.74, 6) is 1.00. The summed E-state index contributed by atoms with van der Waals surface area (Å²) in [5.41, 5.74) is 3.66. The summed E-state index contributed by atoms with van der Waals surface area (Å²) in [6.07, 6.45) is 8.18. The number of aryl methyl sites for hydroxylation is 1. The molecular formula is C24H30N6OS. The Morgan fingerprint density at radius 2 is 2.00 bits per heavy atom. The van der Waals surface area contributed by atoms with Crippen molar-refractivity contribution in [1.29, 1.82) is 0 Å². The smallest absolute Gasteiger partial charge is 0.257 e. The van der Waals surface area contributed by atoms with E-state index in [1.54, 1.807) is 22.2 Å². The van der Waals surface area contributed by atoms with Gasteiger partial charge in [0.25, 0.3) is 11.9 Å². The highest BCUT2D eigenvalue weighted by Gasteiger charge is 2.35. The van der Waals surface area contributed by atoms with E-state index in [2.05, 4.69) is 33.4 Å². The third-order valence-electron chi connectivity index (χ3n) is 6.39. The number of aromatic nitrogens is 4. The van der Waals surface area contributed by atoms with Crippen LogP contribution in [-0.2, 0) is 0 Å². The first-order valence-corrected chi connectivity index (χ1v) is 12.5. The van der Waals surface area contributed by atoms with Crippen LogP contribution in [-0.4, -0.2) is 68.2 Å². The van der Waals surface area contributed by atoms with Gasteiger partial charge in [0.15, 0.2) is 0 Å². The van der Waals surface area contributed by atoms with Gasteiger partial charge in [-0.25, -0.2) is 14.6 Å². The van der Waals surface area contributed by atoms with E-state index in [1.807, 2.05) is 24.1 Å². The van der Waals surface area contributed by atoms with Crippen molar-refractivity contribution in [2.45, 2.75) is 45.4 Å². The van der Waals surface area contributed by atoms with Crippen LogP contribution in [0.25, 0.3) is 16.5 Å². The van der Waals surface area contributed by atoms with E-state index in [-0.39, 0.29) is 5.91 Å². The van der Waals surface area contributed by atoms with Crippen molar-refractivity contribution >= 4 is 17.2 Å². The quantitative estimate of drug-likeness (QED) is 0.541. The second-order valence-electron chi connectivity index (χ2n) is 8.80. The van der Waals surface area contributed by atoms with Crippen LogP contribution in [0, 0.1) is 6.92 Å². The number of unbranched alkanes of at least 4 members (excludes halogenated alkanes) is 1. The summed E-state index contributed by atoms with van der Waals surface area (Å²) in [6.45, 7) is 8.83. The molecule has 1 aliphatic heterocycles. The first kappa shape index (κ1) is 21.3. The van der Waals surface area contributed by atoms with Gasteiger partial charge in [0.2, 0.25) is 0 Å². The lowest BCUT2D eigenvalue weighted by atomic mass is 10.1. The summed E-state index contributed by atoms with van der Waals surface area (Å²) in [5, 5.41) is 6.66. The second kappa shape index (κ2) is 9.11. The van der Waals surface area contributed by atoms with Crippen LogP contribution in [0.2, 0.25) is 0 Å². The molecule has 1 saturated heterocycles. The van der Waals surface area contributed by atoms with Gasteiger partial charge in [-0.15, -0.1) is 11.3 Å². The monoisotopic (exact) mass is 450 g/mol. The third kappa shape index (κ3) is 4.21. The number of piperazine rings is 1. The second-order valence-corrected chi connectivity index (χ2v) is 9.74. The van der Waals surface area contributed by atoms with Crippen molar-refractivity contribution in [3.05, 3.63) is 46.7 Å². The van der Waals surface area contributed by atoms with Gasteiger partial charge in [-0.05, 0) is 49.7 Å². The van der Waals surface area contributed by atoms with E-state index in [1.165, 1.54) is 12.8 Å². The highest BCUT2D eigenvalue weighted by molar-refractivity contribution is 7.13. The molecule has 3 aromatic rings. The Morgan fingerprint density at radius 3 is 2.69 bits per heavy atom. The van der Waals surface area contributed by atoms with Crippen molar-refractivity contribution in [1.82, 2.24) is 29.5 Å². The molecule has 3 aromatic heterocycles. The maximum Gasteiger partial charge on any atom is 0.257 e. The minimum absolute atomic E-state index is 0.0962. The number of hydrogen-bond donors (Lipinski definition) is 0. The number of carbonyl (C=O) groups is 1. The van der Waals surface area contributed by atoms with Crippen LogP contribution in [0.5, 0.6) is 0 Å². The predicted octanol–water partition coefficient (Wildman–Crippen LogP) is 4.13. The van der Waals surface area contributed by atoms with Crippen LogP contribution < -0.4 is 0 Å². The van der Waals surface area contributed by atoms with Gasteiger partial charge in [0.05, 0.1) is 28.0 Å². The Kier molecular flexibility index (Phi) is 6.06. The first-order chi connectivity index (χ1) is 15.7. The topological polar surface area (TPSA) is 67.2 Å². The number of hydrogen-bond acceptors (Lipinski definition) is 6. The zero-order valence-electron chi connectivity index (χ0n) is 18.8. The van der Waals surface area contributed by atoms with Gasteiger partial charge >= 0.3 is 0 Å². The van der Waals surface area contributed by atoms with Gasteiger partial charge in [0, 0.05) is 38.3 Å². The minimum atomic E-state index is 0.0962. The molecule has 1 aliphatic carbocycles. The number of nitrogens with zero attached hydrogens (tertiary/aromatic N) is 6. The Bertz CT molecular complexity index is 1080. The number of amides is 1. The zero-order chi connectivity index (χ0) is 22.1. The van der Waals surface area contributed by atoms with E-state index < -0.39 is 0 Å². The Balaban J connectivity index is 1.41. The molecule has 5 rings (SSSR count). The van der Waals surface area contributed by atoms with E-state index >= 15 is 0 Å². The number of carbonyl (C=O) groups excluding carboxylic acids is 1. The molecule has 0 atom stereocenters. The SMILES string of the molecule is CCCCN1CCN(C(=O)c2cnn(-c3ncc(C)c(-c4cccs4)n3)c2C2CC2)CC1. The molecule has 1 amide bonds. The van der Waals surface area contributed by atoms with Gasteiger partial charge in [-0.2, -0.15) is 5.10 Å². The lowest BCUT2D eigenvalue weighted by Crippen LogP contribution is -2.48. The van der Waals surface area contributed by atoms with E-state index in [0.29, 0.717) is 11.9 Å². The lowest BCUT2D eigenvalue weighted by molar-refractivity contribution is 0.0634. The van der Waals surface area contributed by atoms with Crippen LogP contribution in [0.4, 0.5) is 0 Å². The predicted molar refractivity (Wildman–Crippen MR) is 126 cm³/mol. The van der Waals surface area contributed by atoms with Crippen molar-refractivity contribution < 1.29 is 4.79 Å². The summed E-state index contributed by atoms with van der Waals surface area (Å²) < 4.78 is 1.80. The molecule has 0 aromatic carbocycles. The highest BCUT2D eigenvalue weighted by atomic mass is 32.1. The number of thiophene rings is 1. The van der Waals surface area contributed by atoms with Gasteiger partial charge in [-0.1, -0.05) is 19.4 Å². The molecule has 0 N–H and O–H groups in total. The fraction of sp³-hybridized carbons (Fsp3) is 0.500. The van der Waals surface area contributed by atoms with E-state index in [0.717, 1.165) is 73.0 Å². The van der Waals surface area contributed by atoms with Crippen LogP contribution >= 0.6 is 11.3 Å². The molecule has 0 bridgehead atoms. The Morgan fingerprint density at radius 1 is 1.19 bits per heavy atom. The van der Waals surface area contributed by atoms with Crippen molar-refractivity contribution in [2.24, 2.45) is 0 Å². The van der Waals surface area contributed by atoms with Crippen LogP contribution in [0.1, 0.15) is 60.1 Å². The molecule has 0 radical (unpaired) electrons. The summed E-state index contributed by atoms with van der Waals surface area (Å²) in [7, 11) is 0. The summed E-state index contributed by atoms with van der Waals surface area (Å²) in [4.78, 5) is 28.4. The fourth-order valence-corrected chi connectivity index (χ4v) is 5.13. The molecular weight excluding hydrogens is 420 g/mol. The molecule has 0 spiro atoms. The van der Waals surface area contributed by atoms with Crippen LogP contribution in [0.15, 0.2) is 29.9 Å². The molecule has 1 saturated carbocycles. The largest absolute Gasteiger partial charge is 0.336 e. The summed E-state index contributed by atoms with van der Waals surface area (Å²) in [6, 6.07) is 4.10. The third-order valence-corrected chi connectivity index (χ3v) is 7.27. The molecule has 2 aliphatic rings. The molecule has 32 heavy (non-hydrogen) atoms. The molecule has 168 valence electrons. The summed E-state index contributed by atoms with van der Waals surface area (Å²) >= 11 is 1.67. The zero-order valence-corrected chi connectivity index (χ0v) is 19.6. The standard InChI is InChI=1S/C24H30N6OS/c1-3-4-9-28-10-12-29(13-11-28)23(31)19-16-26-30(22(19)18-7-8-18)24-25-15-17(2)21(27-24)20-6-5-14-32-20/h5-6,14-16,18H,3-4,7-13H2,1-2H3. The lowest BCUT2D eigenvalue weighted by Gasteiger charge is -2.34. The Hall–Kier alpha value is -2.58. The maximum atomic E-state index is 13.4. The molecule has 7 nitrogen and oxygen atoms in total. The molecule has 2 fully saturated rings. The molecule has 4 heterocycles. The van der Waals surface area contributed by atoms with E-state index in [4.69, 9.17) is 4.98 Å². The van der Waals surface area contributed by atoms with Gasteiger partial charge < -0.3 is 4.90 Å². The van der Waals surface area contributed by atoms with Crippen molar-refractivity contribution in [3.63, 3.8) is 0 Å². The maximum absolute atomic E-state index is 13.4. The fourth-order valence-electron chi connectivity index (χ4n) is 4.36. The number of rotatable bonds is 7. The van der Waals surface area contributed by atoms with Gasteiger partial charge in [0.1, 0.15) is 0 Å². The average molecular weight is 451 g/mol. The van der Waals surface area contributed by atoms with E-state index in [9.17, 15) is 4.79 Å². The average Bonchev–Trinajstić information content (AvgIpc) is 3.33. The first-order valence-electron chi connectivity index (χ1n) is 11.6. The molecule has 8 heteroatoms. The molecule has 0 unspecified atom stereocenters. The minimum Gasteiger partial charge on any atom is -0.336 e. The highest BCUT2D eigenvalue weighted by Crippen LogP contribution is 2.42. The normalized spacial score (nSPS) is 17.1. The van der Waals surface area contributed by atoms with Crippen molar-refractivity contribution in [3.8, 4) is 16.5 Å².